The lowest BCUT2D eigenvalue weighted by Gasteiger charge is -2.28. The number of fused-ring (bicyclic) bond motifs is 2. The molecule has 2 aliphatic rings. The Labute approximate surface area is 192 Å². The van der Waals surface area contributed by atoms with E-state index >= 15 is 4.39 Å². The van der Waals surface area contributed by atoms with Crippen LogP contribution in [0.3, 0.4) is 0 Å². The molecule has 33 heavy (non-hydrogen) atoms. The number of hydrogen-bond donors (Lipinski definition) is 0. The molecule has 1 aliphatic heterocycles. The van der Waals surface area contributed by atoms with Crippen LogP contribution >= 0.6 is 0 Å². The largest absolute Gasteiger partial charge is 0.338 e. The predicted octanol–water partition coefficient (Wildman–Crippen LogP) is 5.23. The first kappa shape index (κ1) is 21.6. The smallest absolute Gasteiger partial charge is 0.254 e. The van der Waals surface area contributed by atoms with E-state index in [0.29, 0.717) is 53.4 Å². The third-order valence-corrected chi connectivity index (χ3v) is 6.86. The first-order valence-corrected chi connectivity index (χ1v) is 11.5. The summed E-state index contributed by atoms with van der Waals surface area (Å²) >= 11 is 0. The Morgan fingerprint density at radius 2 is 2.03 bits per heavy atom. The Balaban J connectivity index is 1.65. The average Bonchev–Trinajstić information content (AvgIpc) is 3.48. The molecule has 2 aromatic heterocycles. The van der Waals surface area contributed by atoms with Gasteiger partial charge in [-0.1, -0.05) is 19.2 Å². The van der Waals surface area contributed by atoms with Crippen LogP contribution in [0.25, 0.3) is 34.7 Å². The molecule has 0 saturated heterocycles. The molecule has 172 valence electrons. The number of alkyl halides is 1. The van der Waals surface area contributed by atoms with Crippen molar-refractivity contribution in [3.05, 3.63) is 53.5 Å². The van der Waals surface area contributed by atoms with Crippen LogP contribution in [0.15, 0.2) is 25.3 Å². The molecule has 7 heteroatoms. The van der Waals surface area contributed by atoms with Crippen molar-refractivity contribution in [2.24, 2.45) is 13.0 Å². The third-order valence-electron chi connectivity index (χ3n) is 6.86. The van der Waals surface area contributed by atoms with E-state index in [0.717, 1.165) is 23.5 Å². The van der Waals surface area contributed by atoms with E-state index in [4.69, 9.17) is 4.98 Å². The minimum Gasteiger partial charge on any atom is -0.338 e. The summed E-state index contributed by atoms with van der Waals surface area (Å²) in [6.45, 7) is 9.03. The molecule has 0 radical (unpaired) electrons. The minimum absolute atomic E-state index is 0.252. The summed E-state index contributed by atoms with van der Waals surface area (Å²) in [7, 11) is 1.81. The van der Waals surface area contributed by atoms with E-state index in [1.54, 1.807) is 21.6 Å². The summed E-state index contributed by atoms with van der Waals surface area (Å²) in [5.41, 5.74) is 4.44. The Kier molecular flexibility index (Phi) is 5.43. The molecule has 1 aliphatic carbocycles. The van der Waals surface area contributed by atoms with Crippen molar-refractivity contribution in [2.75, 3.05) is 19.8 Å². The monoisotopic (exact) mass is 450 g/mol. The molecule has 0 bridgehead atoms. The lowest BCUT2D eigenvalue weighted by Crippen LogP contribution is -2.38. The maximum absolute atomic E-state index is 15.7. The van der Waals surface area contributed by atoms with Gasteiger partial charge in [0.2, 0.25) is 0 Å². The topological polar surface area (TPSA) is 43.1 Å². The lowest BCUT2D eigenvalue weighted by molar-refractivity contribution is 0.0733. The van der Waals surface area contributed by atoms with Crippen LogP contribution in [0, 0.1) is 11.7 Å². The highest BCUT2D eigenvalue weighted by Crippen LogP contribution is 2.37. The SMILES string of the molecule is C=Cc1cc(-c2nc3cc4c(c(F)c3n2C)CCN(CCCF)C4=O)n(CC2CC2)c1C=C. The summed E-state index contributed by atoms with van der Waals surface area (Å²) in [4.78, 5) is 19.4. The number of benzene rings is 1. The molecule has 5 rings (SSSR count). The Morgan fingerprint density at radius 3 is 2.70 bits per heavy atom. The molecule has 1 aromatic carbocycles. The van der Waals surface area contributed by atoms with Crippen LogP contribution in [0.1, 0.15) is 46.4 Å². The molecule has 3 aromatic rings. The van der Waals surface area contributed by atoms with Gasteiger partial charge in [-0.05, 0) is 55.4 Å². The fourth-order valence-electron chi connectivity index (χ4n) is 4.93. The van der Waals surface area contributed by atoms with Crippen molar-refractivity contribution >= 4 is 29.1 Å². The highest BCUT2D eigenvalue weighted by Gasteiger charge is 2.31. The minimum atomic E-state index is -0.479. The lowest BCUT2D eigenvalue weighted by atomic mass is 9.97. The van der Waals surface area contributed by atoms with E-state index < -0.39 is 12.5 Å². The first-order chi connectivity index (χ1) is 16.0. The van der Waals surface area contributed by atoms with Crippen LogP contribution in [0.5, 0.6) is 0 Å². The number of imidazole rings is 1. The van der Waals surface area contributed by atoms with Crippen LogP contribution in [-0.4, -0.2) is 44.7 Å². The second-order valence-electron chi connectivity index (χ2n) is 9.00. The van der Waals surface area contributed by atoms with Crippen molar-refractivity contribution in [1.29, 1.82) is 0 Å². The van der Waals surface area contributed by atoms with Gasteiger partial charge in [-0.25, -0.2) is 9.37 Å². The van der Waals surface area contributed by atoms with Crippen LogP contribution in [0.4, 0.5) is 8.78 Å². The number of rotatable bonds is 8. The molecule has 0 N–H and O–H groups in total. The fraction of sp³-hybridized carbons (Fsp3) is 0.385. The van der Waals surface area contributed by atoms with Gasteiger partial charge in [0.25, 0.3) is 5.91 Å². The average molecular weight is 451 g/mol. The second kappa shape index (κ2) is 8.28. The molecule has 1 fully saturated rings. The van der Waals surface area contributed by atoms with Crippen molar-refractivity contribution in [1.82, 2.24) is 19.0 Å². The van der Waals surface area contributed by atoms with Gasteiger partial charge in [-0.15, -0.1) is 0 Å². The number of aromatic nitrogens is 3. The molecular weight excluding hydrogens is 422 g/mol. The Bertz CT molecular complexity index is 1280. The Hall–Kier alpha value is -3.22. The maximum atomic E-state index is 15.7. The summed E-state index contributed by atoms with van der Waals surface area (Å²) in [6.07, 6.45) is 6.72. The standard InChI is InChI=1S/C26H28F2N4O/c1-4-17-13-22(32(21(17)5-2)15-16-7-8-16)25-29-20-14-19-18(23(28)24(20)30(25)3)9-12-31(26(19)33)11-6-10-27/h4-5,13-14,16H,1-2,6-12,15H2,3H3. The quantitative estimate of drug-likeness (QED) is 0.471. The van der Waals surface area contributed by atoms with Crippen LogP contribution < -0.4 is 0 Å². The number of hydrogen-bond acceptors (Lipinski definition) is 2. The van der Waals surface area contributed by atoms with Gasteiger partial charge in [-0.2, -0.15) is 0 Å². The number of amides is 1. The van der Waals surface area contributed by atoms with Crippen molar-refractivity contribution in [2.45, 2.75) is 32.2 Å². The van der Waals surface area contributed by atoms with Gasteiger partial charge in [0.1, 0.15) is 5.52 Å². The summed E-state index contributed by atoms with van der Waals surface area (Å²) in [5, 5.41) is 0. The zero-order chi connectivity index (χ0) is 23.3. The normalized spacial score (nSPS) is 15.8. The number of carbonyl (C=O) groups excluding carboxylic acids is 1. The third kappa shape index (κ3) is 3.50. The second-order valence-corrected chi connectivity index (χ2v) is 9.00. The zero-order valence-corrected chi connectivity index (χ0v) is 18.9. The summed E-state index contributed by atoms with van der Waals surface area (Å²) in [5.74, 6) is 0.622. The maximum Gasteiger partial charge on any atom is 0.254 e. The molecule has 5 nitrogen and oxygen atoms in total. The molecule has 3 heterocycles. The van der Waals surface area contributed by atoms with E-state index in [1.807, 2.05) is 19.2 Å². The highest BCUT2D eigenvalue weighted by atomic mass is 19.1. The fourth-order valence-corrected chi connectivity index (χ4v) is 4.93. The number of aryl methyl sites for hydroxylation is 1. The van der Waals surface area contributed by atoms with Crippen molar-refractivity contribution in [3.63, 3.8) is 0 Å². The summed E-state index contributed by atoms with van der Waals surface area (Å²) < 4.78 is 32.3. The van der Waals surface area contributed by atoms with E-state index in [1.165, 1.54) is 12.8 Å². The number of carbonyl (C=O) groups is 1. The number of halogens is 2. The summed E-state index contributed by atoms with van der Waals surface area (Å²) in [6, 6.07) is 3.72. The van der Waals surface area contributed by atoms with Crippen LogP contribution in [0.2, 0.25) is 0 Å². The molecule has 1 saturated carbocycles. The molecule has 0 unspecified atom stereocenters. The first-order valence-electron chi connectivity index (χ1n) is 11.5. The van der Waals surface area contributed by atoms with Gasteiger partial charge in [0.15, 0.2) is 11.6 Å². The predicted molar refractivity (Wildman–Crippen MR) is 127 cm³/mol. The molecule has 0 spiro atoms. The van der Waals surface area contributed by atoms with Crippen LogP contribution in [-0.2, 0) is 20.0 Å². The van der Waals surface area contributed by atoms with Gasteiger partial charge >= 0.3 is 0 Å². The van der Waals surface area contributed by atoms with E-state index in [-0.39, 0.29) is 12.3 Å². The zero-order valence-electron chi connectivity index (χ0n) is 18.9. The van der Waals surface area contributed by atoms with Gasteiger partial charge < -0.3 is 14.0 Å². The van der Waals surface area contributed by atoms with E-state index in [2.05, 4.69) is 17.7 Å². The van der Waals surface area contributed by atoms with Crippen molar-refractivity contribution < 1.29 is 13.6 Å². The molecule has 0 atom stereocenters. The van der Waals surface area contributed by atoms with Crippen molar-refractivity contribution in [3.8, 4) is 11.5 Å². The van der Waals surface area contributed by atoms with Gasteiger partial charge in [0, 0.05) is 43.5 Å². The van der Waals surface area contributed by atoms with Gasteiger partial charge in [0.05, 0.1) is 17.9 Å². The molecular formula is C26H28F2N4O. The van der Waals surface area contributed by atoms with E-state index in [9.17, 15) is 9.18 Å². The highest BCUT2D eigenvalue weighted by molar-refractivity contribution is 6.00. The Morgan fingerprint density at radius 1 is 1.24 bits per heavy atom. The number of nitrogens with zero attached hydrogens (tertiary/aromatic N) is 4. The van der Waals surface area contributed by atoms with Gasteiger partial charge in [-0.3, -0.25) is 9.18 Å². The molecule has 1 amide bonds.